The molecule has 2 heterocycles. The van der Waals surface area contributed by atoms with Gasteiger partial charge >= 0.3 is 0 Å². The monoisotopic (exact) mass is 344 g/mol. The number of carbonyl (C=O) groups excluding carboxylic acids is 1. The van der Waals surface area contributed by atoms with E-state index in [1.54, 1.807) is 11.3 Å². The molecule has 0 saturated heterocycles. The smallest absolute Gasteiger partial charge is 0.229 e. The molecule has 2 aromatic carbocycles. The summed E-state index contributed by atoms with van der Waals surface area (Å²) in [6.07, 6.45) is 0.399. The van der Waals surface area contributed by atoms with E-state index in [-0.39, 0.29) is 5.91 Å². The fourth-order valence-electron chi connectivity index (χ4n) is 2.76. The second-order valence-electron chi connectivity index (χ2n) is 5.77. The molecule has 1 amide bonds. The van der Waals surface area contributed by atoms with E-state index in [1.807, 2.05) is 72.1 Å². The Bertz CT molecular complexity index is 1020. The maximum absolute atomic E-state index is 12.2. The van der Waals surface area contributed by atoms with Crippen LogP contribution in [0, 0.1) is 0 Å². The molecule has 3 nitrogen and oxygen atoms in total. The van der Waals surface area contributed by atoms with Crippen molar-refractivity contribution in [3.8, 4) is 11.3 Å². The molecule has 2 aromatic heterocycles. The highest BCUT2D eigenvalue weighted by atomic mass is 32.1. The summed E-state index contributed by atoms with van der Waals surface area (Å²) in [4.78, 5) is 18.0. The lowest BCUT2D eigenvalue weighted by Gasteiger charge is -2.08. The predicted octanol–water partition coefficient (Wildman–Crippen LogP) is 5.14. The molecular weight excluding hydrogens is 328 g/mol. The summed E-state index contributed by atoms with van der Waals surface area (Å²) < 4.78 is 0. The van der Waals surface area contributed by atoms with Crippen molar-refractivity contribution in [3.05, 3.63) is 83.1 Å². The lowest BCUT2D eigenvalue weighted by atomic mass is 10.1. The van der Waals surface area contributed by atoms with Gasteiger partial charge in [-0.15, -0.1) is 11.3 Å². The molecule has 0 spiro atoms. The number of carbonyl (C=O) groups is 1. The molecule has 0 radical (unpaired) electrons. The number of para-hydroxylation sites is 1. The van der Waals surface area contributed by atoms with Gasteiger partial charge in [0.2, 0.25) is 5.91 Å². The van der Waals surface area contributed by atoms with Gasteiger partial charge in [-0.1, -0.05) is 42.5 Å². The van der Waals surface area contributed by atoms with Crippen molar-refractivity contribution >= 4 is 33.8 Å². The third kappa shape index (κ3) is 3.59. The third-order valence-electron chi connectivity index (χ3n) is 3.96. The Morgan fingerprint density at radius 2 is 1.88 bits per heavy atom. The van der Waals surface area contributed by atoms with Crippen LogP contribution in [-0.4, -0.2) is 10.9 Å². The minimum atomic E-state index is -0.00827. The number of aromatic nitrogens is 1. The average molecular weight is 344 g/mol. The average Bonchev–Trinajstić information content (AvgIpc) is 3.14. The van der Waals surface area contributed by atoms with E-state index in [0.29, 0.717) is 6.42 Å². The summed E-state index contributed by atoms with van der Waals surface area (Å²) in [6, 6.07) is 23.9. The van der Waals surface area contributed by atoms with Gasteiger partial charge in [0, 0.05) is 21.5 Å². The van der Waals surface area contributed by atoms with E-state index < -0.39 is 0 Å². The first-order chi connectivity index (χ1) is 12.3. The van der Waals surface area contributed by atoms with Crippen molar-refractivity contribution < 1.29 is 4.79 Å². The van der Waals surface area contributed by atoms with Gasteiger partial charge in [-0.3, -0.25) is 4.79 Å². The van der Waals surface area contributed by atoms with Crippen LogP contribution in [0.15, 0.2) is 78.2 Å². The maximum Gasteiger partial charge on any atom is 0.229 e. The highest BCUT2D eigenvalue weighted by Gasteiger charge is 2.07. The van der Waals surface area contributed by atoms with Gasteiger partial charge in [0.1, 0.15) is 0 Å². The fraction of sp³-hybridized carbons (Fsp3) is 0.0476. The van der Waals surface area contributed by atoms with Crippen molar-refractivity contribution in [1.82, 2.24) is 4.98 Å². The van der Waals surface area contributed by atoms with E-state index >= 15 is 0 Å². The first-order valence-corrected chi connectivity index (χ1v) is 8.94. The van der Waals surface area contributed by atoms with Crippen molar-refractivity contribution in [2.75, 3.05) is 5.32 Å². The number of fused-ring (bicyclic) bond motifs is 1. The van der Waals surface area contributed by atoms with Crippen LogP contribution in [0.5, 0.6) is 0 Å². The van der Waals surface area contributed by atoms with Gasteiger partial charge in [0.25, 0.3) is 0 Å². The Morgan fingerprint density at radius 1 is 0.960 bits per heavy atom. The van der Waals surface area contributed by atoms with E-state index in [2.05, 4.69) is 11.4 Å². The Hall–Kier alpha value is -2.98. The Morgan fingerprint density at radius 3 is 2.76 bits per heavy atom. The first-order valence-electron chi connectivity index (χ1n) is 8.06. The molecule has 25 heavy (non-hydrogen) atoms. The minimum Gasteiger partial charge on any atom is -0.326 e. The lowest BCUT2D eigenvalue weighted by molar-refractivity contribution is -0.115. The number of nitrogens with zero attached hydrogens (tertiary/aromatic N) is 1. The van der Waals surface area contributed by atoms with Crippen LogP contribution in [0.1, 0.15) is 4.88 Å². The zero-order valence-corrected chi connectivity index (χ0v) is 14.3. The standard InChI is InChI=1S/C21H16N2OS/c24-21(14-18-8-4-12-25-18)22-17-7-3-6-16(13-17)20-11-10-15-5-1-2-9-19(15)23-20/h1-13H,14H2,(H,22,24). The Kier molecular flexibility index (Phi) is 4.27. The summed E-state index contributed by atoms with van der Waals surface area (Å²) in [5.41, 5.74) is 3.63. The summed E-state index contributed by atoms with van der Waals surface area (Å²) in [5.74, 6) is -0.00827. The number of amides is 1. The van der Waals surface area contributed by atoms with Gasteiger partial charge in [-0.25, -0.2) is 4.98 Å². The topological polar surface area (TPSA) is 42.0 Å². The van der Waals surface area contributed by atoms with Crippen molar-refractivity contribution in [3.63, 3.8) is 0 Å². The number of benzene rings is 2. The number of hydrogen-bond donors (Lipinski definition) is 1. The lowest BCUT2D eigenvalue weighted by Crippen LogP contribution is -2.13. The largest absolute Gasteiger partial charge is 0.326 e. The summed E-state index contributed by atoms with van der Waals surface area (Å²) in [5, 5.41) is 6.07. The van der Waals surface area contributed by atoms with Gasteiger partial charge in [-0.2, -0.15) is 0 Å². The first kappa shape index (κ1) is 15.5. The molecule has 0 unspecified atom stereocenters. The second kappa shape index (κ2) is 6.87. The number of hydrogen-bond acceptors (Lipinski definition) is 3. The molecule has 4 rings (SSSR count). The molecule has 0 bridgehead atoms. The number of thiophene rings is 1. The van der Waals surface area contributed by atoms with Gasteiger partial charge in [0.05, 0.1) is 17.6 Å². The SMILES string of the molecule is O=C(Cc1cccs1)Nc1cccc(-c2ccc3ccccc3n2)c1. The van der Waals surface area contributed by atoms with Crippen LogP contribution < -0.4 is 5.32 Å². The highest BCUT2D eigenvalue weighted by molar-refractivity contribution is 7.10. The Labute approximate surface area is 150 Å². The minimum absolute atomic E-state index is 0.00827. The predicted molar refractivity (Wildman–Crippen MR) is 104 cm³/mol. The molecule has 0 aliphatic carbocycles. The van der Waals surface area contributed by atoms with Crippen molar-refractivity contribution in [1.29, 1.82) is 0 Å². The second-order valence-corrected chi connectivity index (χ2v) is 6.81. The molecule has 0 aliphatic rings. The zero-order chi connectivity index (χ0) is 17.1. The normalized spacial score (nSPS) is 10.7. The number of pyridine rings is 1. The molecule has 4 aromatic rings. The highest BCUT2D eigenvalue weighted by Crippen LogP contribution is 2.23. The molecule has 0 saturated carbocycles. The zero-order valence-electron chi connectivity index (χ0n) is 13.5. The van der Waals surface area contributed by atoms with Crippen LogP contribution >= 0.6 is 11.3 Å². The third-order valence-corrected chi connectivity index (χ3v) is 4.83. The summed E-state index contributed by atoms with van der Waals surface area (Å²) in [7, 11) is 0. The number of nitrogens with one attached hydrogen (secondary N) is 1. The van der Waals surface area contributed by atoms with Crippen LogP contribution in [-0.2, 0) is 11.2 Å². The van der Waals surface area contributed by atoms with E-state index in [1.165, 1.54) is 0 Å². The van der Waals surface area contributed by atoms with Crippen LogP contribution in [0.3, 0.4) is 0 Å². The van der Waals surface area contributed by atoms with E-state index in [4.69, 9.17) is 4.98 Å². The van der Waals surface area contributed by atoms with Gasteiger partial charge < -0.3 is 5.32 Å². The number of rotatable bonds is 4. The number of anilines is 1. The molecule has 0 aliphatic heterocycles. The maximum atomic E-state index is 12.2. The molecule has 4 heteroatoms. The van der Waals surface area contributed by atoms with Crippen LogP contribution in [0.4, 0.5) is 5.69 Å². The van der Waals surface area contributed by atoms with E-state index in [9.17, 15) is 4.79 Å². The van der Waals surface area contributed by atoms with Crippen LogP contribution in [0.25, 0.3) is 22.2 Å². The van der Waals surface area contributed by atoms with Gasteiger partial charge in [0.15, 0.2) is 0 Å². The molecule has 0 fully saturated rings. The summed E-state index contributed by atoms with van der Waals surface area (Å²) in [6.45, 7) is 0. The van der Waals surface area contributed by atoms with E-state index in [0.717, 1.165) is 32.7 Å². The quantitative estimate of drug-likeness (QED) is 0.557. The van der Waals surface area contributed by atoms with Crippen molar-refractivity contribution in [2.45, 2.75) is 6.42 Å². The summed E-state index contributed by atoms with van der Waals surface area (Å²) >= 11 is 1.59. The van der Waals surface area contributed by atoms with Crippen LogP contribution in [0.2, 0.25) is 0 Å². The van der Waals surface area contributed by atoms with Gasteiger partial charge in [-0.05, 0) is 35.7 Å². The van der Waals surface area contributed by atoms with Crippen molar-refractivity contribution in [2.24, 2.45) is 0 Å². The molecular formula is C21H16N2OS. The molecule has 122 valence electrons. The fourth-order valence-corrected chi connectivity index (χ4v) is 3.46. The molecule has 0 atom stereocenters. The molecule has 1 N–H and O–H groups in total. The Balaban J connectivity index is 1.56.